The second kappa shape index (κ2) is 20.1. The van der Waals surface area contributed by atoms with Crippen molar-refractivity contribution in [1.29, 1.82) is 0 Å². The first kappa shape index (κ1) is 38.1. The summed E-state index contributed by atoms with van der Waals surface area (Å²) in [7, 11) is 1.33. The number of hydrogen-bond donors (Lipinski definition) is 3. The van der Waals surface area contributed by atoms with Crippen LogP contribution in [0.5, 0.6) is 5.75 Å². The fraction of sp³-hybridized carbons (Fsp3) is 0.525. The Bertz CT molecular complexity index is 1560. The fourth-order valence-corrected chi connectivity index (χ4v) is 7.67. The van der Waals surface area contributed by atoms with E-state index in [1.54, 1.807) is 6.92 Å². The van der Waals surface area contributed by atoms with E-state index in [0.29, 0.717) is 34.7 Å². The highest BCUT2D eigenvalue weighted by Gasteiger charge is 2.40. The van der Waals surface area contributed by atoms with Crippen molar-refractivity contribution in [2.75, 3.05) is 19.5 Å². The zero-order valence-corrected chi connectivity index (χ0v) is 30.7. The Labute approximate surface area is 296 Å². The first-order chi connectivity index (χ1) is 23.9. The lowest BCUT2D eigenvalue weighted by Gasteiger charge is -2.32. The topological polar surface area (TPSA) is 114 Å². The number of nitrogens with zero attached hydrogens (tertiary/aromatic N) is 1. The van der Waals surface area contributed by atoms with E-state index in [9.17, 15) is 14.7 Å². The molecule has 0 bridgehead atoms. The van der Waals surface area contributed by atoms with Gasteiger partial charge < -0.3 is 24.9 Å². The molecule has 2 aromatic carbocycles. The number of carboxylic acids is 1. The van der Waals surface area contributed by atoms with Crippen molar-refractivity contribution in [3.8, 4) is 5.75 Å². The van der Waals surface area contributed by atoms with Crippen molar-refractivity contribution >= 4 is 34.7 Å². The Morgan fingerprint density at radius 1 is 0.857 bits per heavy atom. The van der Waals surface area contributed by atoms with Gasteiger partial charge in [0.05, 0.1) is 41.8 Å². The Morgan fingerprint density at radius 3 is 2.12 bits per heavy atom. The molecule has 49 heavy (non-hydrogen) atoms. The standard InChI is InChI=1S/C40H55N3O5S/c1-5-7-8-9-10-11-12-13-14-15-16-17-18-22-29-23-21-26-33(48-6-2)35(29)37-34(39(46)47-4)28(3)41-32(36(37)38(44)45)27-49-40-42-30-24-19-20-25-31(30)43-40/h19-21,23-26,37,41H,5-18,22,27H2,1-4H3,(H,42,43)(H,44,45). The molecule has 1 unspecified atom stereocenters. The average Bonchev–Trinajstić information content (AvgIpc) is 3.52. The number of unbranched alkanes of at least 4 members (excludes halogenated alkanes) is 12. The summed E-state index contributed by atoms with van der Waals surface area (Å²) in [6.07, 6.45) is 17.3. The summed E-state index contributed by atoms with van der Waals surface area (Å²) < 4.78 is 11.4. The maximum atomic E-state index is 13.4. The molecule has 2 heterocycles. The average molecular weight is 690 g/mol. The van der Waals surface area contributed by atoms with Crippen LogP contribution in [0.25, 0.3) is 11.0 Å². The fourth-order valence-electron chi connectivity index (χ4n) is 6.82. The molecular weight excluding hydrogens is 635 g/mol. The molecule has 0 fully saturated rings. The number of fused-ring (bicyclic) bond motifs is 1. The number of aromatic nitrogens is 2. The van der Waals surface area contributed by atoms with E-state index in [-0.39, 0.29) is 11.1 Å². The van der Waals surface area contributed by atoms with Gasteiger partial charge in [0.1, 0.15) is 5.75 Å². The van der Waals surface area contributed by atoms with Crippen LogP contribution in [0.1, 0.15) is 121 Å². The SMILES string of the molecule is CCCCCCCCCCCCCCCc1cccc(OCC)c1C1C(C(=O)OC)=C(C)NC(CSc2nc3ccccc3[nH]2)=C1C(=O)O. The Hall–Kier alpha value is -3.72. The van der Waals surface area contributed by atoms with Crippen LogP contribution in [-0.4, -0.2) is 46.5 Å². The summed E-state index contributed by atoms with van der Waals surface area (Å²) in [5, 5.41) is 14.7. The summed E-state index contributed by atoms with van der Waals surface area (Å²) in [6, 6.07) is 13.7. The lowest BCUT2D eigenvalue weighted by molar-refractivity contribution is -0.136. The molecule has 3 N–H and O–H groups in total. The number of aromatic amines is 1. The van der Waals surface area contributed by atoms with Gasteiger partial charge in [-0.2, -0.15) is 0 Å². The normalized spacial score (nSPS) is 14.7. The molecule has 0 saturated carbocycles. The summed E-state index contributed by atoms with van der Waals surface area (Å²) in [5.41, 5.74) is 4.99. The molecular formula is C40H55N3O5S. The van der Waals surface area contributed by atoms with Crippen LogP contribution in [0.2, 0.25) is 0 Å². The number of dihydropyridines is 1. The van der Waals surface area contributed by atoms with Gasteiger partial charge in [0.25, 0.3) is 0 Å². The van der Waals surface area contributed by atoms with Gasteiger partial charge in [0, 0.05) is 22.7 Å². The third-order valence-corrected chi connectivity index (χ3v) is 10.2. The van der Waals surface area contributed by atoms with Crippen LogP contribution in [0.3, 0.4) is 0 Å². The quantitative estimate of drug-likeness (QED) is 0.0543. The number of allylic oxidation sites excluding steroid dienone is 1. The molecule has 8 nitrogen and oxygen atoms in total. The lowest BCUT2D eigenvalue weighted by Crippen LogP contribution is -2.34. The number of carbonyl (C=O) groups is 2. The number of rotatable bonds is 22. The minimum atomic E-state index is -1.09. The molecule has 0 amide bonds. The van der Waals surface area contributed by atoms with E-state index in [1.165, 1.54) is 89.5 Å². The molecule has 0 saturated heterocycles. The number of aryl methyl sites for hydroxylation is 1. The maximum Gasteiger partial charge on any atom is 0.336 e. The number of ether oxygens (including phenoxy) is 2. The molecule has 1 aliphatic heterocycles. The number of nitrogens with one attached hydrogen (secondary N) is 2. The molecule has 4 rings (SSSR count). The monoisotopic (exact) mass is 689 g/mol. The van der Waals surface area contributed by atoms with Crippen molar-refractivity contribution in [3.05, 3.63) is 76.1 Å². The molecule has 0 spiro atoms. The number of thioether (sulfide) groups is 1. The molecule has 266 valence electrons. The zero-order valence-electron chi connectivity index (χ0n) is 29.9. The first-order valence-electron chi connectivity index (χ1n) is 18.2. The number of imidazole rings is 1. The van der Waals surface area contributed by atoms with E-state index < -0.39 is 17.9 Å². The summed E-state index contributed by atoms with van der Waals surface area (Å²) >= 11 is 1.42. The molecule has 1 aliphatic rings. The van der Waals surface area contributed by atoms with Crippen LogP contribution < -0.4 is 10.1 Å². The molecule has 1 aromatic heterocycles. The zero-order chi connectivity index (χ0) is 35.0. The molecule has 1 atom stereocenters. The number of aliphatic carboxylic acids is 1. The number of carboxylic acid groups (broad SMARTS) is 1. The molecule has 0 radical (unpaired) electrons. The van der Waals surface area contributed by atoms with Crippen molar-refractivity contribution in [2.24, 2.45) is 0 Å². The van der Waals surface area contributed by atoms with Crippen LogP contribution in [0.4, 0.5) is 0 Å². The number of methoxy groups -OCH3 is 1. The van der Waals surface area contributed by atoms with Crippen LogP contribution >= 0.6 is 11.8 Å². The van der Waals surface area contributed by atoms with Gasteiger partial charge >= 0.3 is 11.9 Å². The Kier molecular flexibility index (Phi) is 15.6. The number of H-pyrrole nitrogens is 1. The number of para-hydroxylation sites is 2. The minimum absolute atomic E-state index is 0.119. The van der Waals surface area contributed by atoms with Gasteiger partial charge in [-0.1, -0.05) is 120 Å². The number of benzene rings is 2. The highest BCUT2D eigenvalue weighted by molar-refractivity contribution is 7.99. The highest BCUT2D eigenvalue weighted by atomic mass is 32.2. The summed E-state index contributed by atoms with van der Waals surface area (Å²) in [5.74, 6) is -1.61. The smallest absolute Gasteiger partial charge is 0.336 e. The van der Waals surface area contributed by atoms with Crippen molar-refractivity contribution in [3.63, 3.8) is 0 Å². The van der Waals surface area contributed by atoms with Gasteiger partial charge in [-0.05, 0) is 50.5 Å². The number of carbonyl (C=O) groups excluding carboxylic acids is 1. The van der Waals surface area contributed by atoms with Gasteiger partial charge in [-0.25, -0.2) is 14.6 Å². The minimum Gasteiger partial charge on any atom is -0.494 e. The Balaban J connectivity index is 1.52. The van der Waals surface area contributed by atoms with Crippen molar-refractivity contribution in [1.82, 2.24) is 15.3 Å². The molecule has 9 heteroatoms. The highest BCUT2D eigenvalue weighted by Crippen LogP contribution is 2.45. The largest absolute Gasteiger partial charge is 0.494 e. The Morgan fingerprint density at radius 2 is 1.51 bits per heavy atom. The van der Waals surface area contributed by atoms with Crippen LogP contribution in [-0.2, 0) is 20.7 Å². The third kappa shape index (κ3) is 10.6. The number of hydrogen-bond acceptors (Lipinski definition) is 7. The van der Waals surface area contributed by atoms with Gasteiger partial charge in [-0.3, -0.25) is 0 Å². The van der Waals surface area contributed by atoms with Gasteiger partial charge in [0.2, 0.25) is 0 Å². The lowest BCUT2D eigenvalue weighted by atomic mass is 9.77. The number of esters is 1. The summed E-state index contributed by atoms with van der Waals surface area (Å²) in [4.78, 5) is 34.5. The van der Waals surface area contributed by atoms with Crippen LogP contribution in [0, 0.1) is 0 Å². The van der Waals surface area contributed by atoms with E-state index >= 15 is 0 Å². The maximum absolute atomic E-state index is 13.4. The predicted octanol–water partition coefficient (Wildman–Crippen LogP) is 9.86. The second-order valence-electron chi connectivity index (χ2n) is 12.9. The van der Waals surface area contributed by atoms with E-state index in [4.69, 9.17) is 9.47 Å². The van der Waals surface area contributed by atoms with Crippen LogP contribution in [0.15, 0.2) is 70.2 Å². The van der Waals surface area contributed by atoms with E-state index in [2.05, 4.69) is 22.2 Å². The van der Waals surface area contributed by atoms with Crippen molar-refractivity contribution < 1.29 is 24.2 Å². The second-order valence-corrected chi connectivity index (χ2v) is 13.9. The predicted molar refractivity (Wildman–Crippen MR) is 199 cm³/mol. The van der Waals surface area contributed by atoms with E-state index in [1.807, 2.05) is 49.4 Å². The first-order valence-corrected chi connectivity index (χ1v) is 19.2. The van der Waals surface area contributed by atoms with Gasteiger partial charge in [-0.15, -0.1) is 0 Å². The van der Waals surface area contributed by atoms with Gasteiger partial charge in [0.15, 0.2) is 5.16 Å². The van der Waals surface area contributed by atoms with Crippen molar-refractivity contribution in [2.45, 2.75) is 122 Å². The molecule has 0 aliphatic carbocycles. The molecule has 3 aromatic rings. The third-order valence-electron chi connectivity index (χ3n) is 9.30. The summed E-state index contributed by atoms with van der Waals surface area (Å²) in [6.45, 7) is 6.39. The van der Waals surface area contributed by atoms with E-state index in [0.717, 1.165) is 41.4 Å².